The first-order valence-corrected chi connectivity index (χ1v) is 20.2. The van der Waals surface area contributed by atoms with Crippen molar-refractivity contribution in [1.29, 1.82) is 0 Å². The molecular formula is C44H69N5O6. The first kappa shape index (κ1) is 42.9. The monoisotopic (exact) mass is 764 g/mol. The number of aliphatic hydroxyl groups excluding tert-OH is 2. The number of amides is 2. The second kappa shape index (κ2) is 17.1. The van der Waals surface area contributed by atoms with E-state index in [0.717, 1.165) is 48.2 Å². The molecule has 4 aliphatic rings. The molecule has 4 fully saturated rings. The van der Waals surface area contributed by atoms with Crippen molar-refractivity contribution in [2.45, 2.75) is 111 Å². The van der Waals surface area contributed by atoms with Crippen LogP contribution in [0.5, 0.6) is 5.75 Å². The third-order valence-corrected chi connectivity index (χ3v) is 12.8. The predicted molar refractivity (Wildman–Crippen MR) is 219 cm³/mol. The van der Waals surface area contributed by atoms with Crippen LogP contribution < -0.4 is 20.3 Å². The van der Waals surface area contributed by atoms with E-state index in [4.69, 9.17) is 9.57 Å². The maximum absolute atomic E-state index is 14.3. The van der Waals surface area contributed by atoms with Crippen LogP contribution >= 0.6 is 0 Å². The molecular weight excluding hydrogens is 695 g/mol. The fourth-order valence-electron chi connectivity index (χ4n) is 9.63. The Kier molecular flexibility index (Phi) is 13.3. The molecule has 1 heterocycles. The number of aliphatic hydroxyl groups is 2. The van der Waals surface area contributed by atoms with E-state index in [9.17, 15) is 19.8 Å². The van der Waals surface area contributed by atoms with Gasteiger partial charge in [0.2, 0.25) is 5.91 Å². The molecule has 0 unspecified atom stereocenters. The molecule has 2 bridgehead atoms. The molecule has 6 rings (SSSR count). The number of hydroxylamine groups is 2. The molecule has 2 aromatic carbocycles. The highest BCUT2D eigenvalue weighted by molar-refractivity contribution is 5.97. The number of ether oxygens (including phenoxy) is 1. The van der Waals surface area contributed by atoms with Crippen molar-refractivity contribution in [1.82, 2.24) is 20.6 Å². The maximum Gasteiger partial charge on any atom is 0.251 e. The number of methoxy groups -OCH3 is 1. The molecule has 0 radical (unpaired) electrons. The fraction of sp³-hybridized carbons (Fsp3) is 0.682. The smallest absolute Gasteiger partial charge is 0.251 e. The van der Waals surface area contributed by atoms with Crippen molar-refractivity contribution < 1.29 is 29.4 Å². The van der Waals surface area contributed by atoms with E-state index in [1.54, 1.807) is 19.1 Å². The Morgan fingerprint density at radius 1 is 1.11 bits per heavy atom. The van der Waals surface area contributed by atoms with Gasteiger partial charge >= 0.3 is 0 Å². The Morgan fingerprint density at radius 3 is 2.38 bits per heavy atom. The van der Waals surface area contributed by atoms with E-state index in [2.05, 4.69) is 57.1 Å². The summed E-state index contributed by atoms with van der Waals surface area (Å²) in [7, 11) is 9.63. The van der Waals surface area contributed by atoms with Crippen LogP contribution in [0.3, 0.4) is 0 Å². The number of anilines is 1. The Labute approximate surface area is 330 Å². The van der Waals surface area contributed by atoms with Gasteiger partial charge in [0.25, 0.3) is 5.91 Å². The summed E-state index contributed by atoms with van der Waals surface area (Å²) in [4.78, 5) is 38.7. The summed E-state index contributed by atoms with van der Waals surface area (Å²) in [5.41, 5.74) is 4.14. The third-order valence-electron chi connectivity index (χ3n) is 12.8. The Bertz CT molecular complexity index is 1650. The van der Waals surface area contributed by atoms with Crippen molar-refractivity contribution >= 4 is 17.5 Å². The highest BCUT2D eigenvalue weighted by Gasteiger charge is 2.57. The molecule has 3 aliphatic carbocycles. The van der Waals surface area contributed by atoms with Gasteiger partial charge in [-0.1, -0.05) is 59.7 Å². The number of hydrogen-bond donors (Lipinski definition) is 4. The summed E-state index contributed by atoms with van der Waals surface area (Å²) >= 11 is 0. The average Bonchev–Trinajstić information content (AvgIpc) is 3.48. The molecule has 1 saturated heterocycles. The second-order valence-corrected chi connectivity index (χ2v) is 18.9. The van der Waals surface area contributed by atoms with Gasteiger partial charge < -0.3 is 35.4 Å². The predicted octanol–water partition coefficient (Wildman–Crippen LogP) is 5.58. The van der Waals surface area contributed by atoms with Crippen LogP contribution in [0.25, 0.3) is 11.1 Å². The molecule has 4 N–H and O–H groups in total. The lowest BCUT2D eigenvalue weighted by Crippen LogP contribution is -2.62. The van der Waals surface area contributed by atoms with Crippen molar-refractivity contribution in [3.8, 4) is 16.9 Å². The molecule has 11 heteroatoms. The molecule has 1 aliphatic heterocycles. The van der Waals surface area contributed by atoms with Crippen LogP contribution in [-0.2, 0) is 16.2 Å². The number of benzene rings is 2. The third kappa shape index (κ3) is 9.50. The second-order valence-electron chi connectivity index (χ2n) is 18.9. The van der Waals surface area contributed by atoms with Crippen LogP contribution in [0.1, 0.15) is 90.1 Å². The van der Waals surface area contributed by atoms with Crippen LogP contribution in [-0.4, -0.2) is 111 Å². The first-order valence-electron chi connectivity index (χ1n) is 20.2. The summed E-state index contributed by atoms with van der Waals surface area (Å²) in [6.45, 7) is 15.9. The lowest BCUT2D eigenvalue weighted by Gasteiger charge is -2.62. The molecule has 55 heavy (non-hydrogen) atoms. The number of carbonyl (C=O) groups excluding carboxylic acids is 2. The number of fused-ring (bicyclic) bond motifs is 2. The molecule has 9 atom stereocenters. The zero-order valence-corrected chi connectivity index (χ0v) is 35.5. The van der Waals surface area contributed by atoms with Crippen LogP contribution in [0, 0.1) is 34.5 Å². The number of carbonyl (C=O) groups is 2. The molecule has 11 nitrogen and oxygen atoms in total. The molecule has 0 spiro atoms. The molecule has 2 aromatic rings. The molecule has 2 amide bonds. The Balaban J connectivity index is 1.44. The topological polar surface area (TPSA) is 127 Å². The van der Waals surface area contributed by atoms with Gasteiger partial charge in [-0.2, -0.15) is 5.06 Å². The first-order chi connectivity index (χ1) is 25.7. The number of nitrogens with one attached hydrogen (secondary N) is 2. The number of hydrogen-bond acceptors (Lipinski definition) is 9. The zero-order valence-electron chi connectivity index (χ0n) is 35.5. The van der Waals surface area contributed by atoms with E-state index in [1.165, 1.54) is 6.42 Å². The summed E-state index contributed by atoms with van der Waals surface area (Å²) in [6, 6.07) is 10.9. The summed E-state index contributed by atoms with van der Waals surface area (Å²) in [5, 5.41) is 29.7. The van der Waals surface area contributed by atoms with Gasteiger partial charge in [-0.15, -0.1) is 0 Å². The van der Waals surface area contributed by atoms with Crippen LogP contribution in [0.15, 0.2) is 36.4 Å². The van der Waals surface area contributed by atoms with Crippen molar-refractivity contribution in [3.63, 3.8) is 0 Å². The number of para-hydroxylation sites is 1. The van der Waals surface area contributed by atoms with Gasteiger partial charge in [-0.05, 0) is 106 Å². The quantitative estimate of drug-likeness (QED) is 0.184. The van der Waals surface area contributed by atoms with Crippen LogP contribution in [0.2, 0.25) is 0 Å². The van der Waals surface area contributed by atoms with Crippen molar-refractivity contribution in [2.75, 3.05) is 53.4 Å². The normalized spacial score (nSPS) is 27.3. The minimum atomic E-state index is -0.897. The molecule has 3 saturated carbocycles. The summed E-state index contributed by atoms with van der Waals surface area (Å²) < 4.78 is 6.11. The van der Waals surface area contributed by atoms with E-state index in [1.807, 2.05) is 69.5 Å². The maximum atomic E-state index is 14.3. The largest absolute Gasteiger partial charge is 0.496 e. The number of nitrogens with zero attached hydrogens (tertiary/aromatic N) is 3. The lowest BCUT2D eigenvalue weighted by atomic mass is 9.45. The minimum absolute atomic E-state index is 0.0110. The van der Waals surface area contributed by atoms with Gasteiger partial charge in [-0.3, -0.25) is 14.4 Å². The van der Waals surface area contributed by atoms with E-state index in [-0.39, 0.29) is 47.9 Å². The van der Waals surface area contributed by atoms with E-state index in [0.29, 0.717) is 29.1 Å². The fourth-order valence-corrected chi connectivity index (χ4v) is 9.63. The van der Waals surface area contributed by atoms with Crippen molar-refractivity contribution in [2.24, 2.45) is 34.5 Å². The zero-order chi connectivity index (χ0) is 40.6. The van der Waals surface area contributed by atoms with Gasteiger partial charge in [0.15, 0.2) is 0 Å². The van der Waals surface area contributed by atoms with Gasteiger partial charge in [0.1, 0.15) is 17.9 Å². The SMILES string of the molecule is COc1c(CN2O[C@@H](CO)[C@@H]([C@H](C)O)[C@H]2C(=O)N[C@H]2C[C@H]3C[C@H]([C@@H]2C)C3(C)C)cccc1-c1cc(C(=O)N[C@H](CCN(C)C)CC(C)(C)C)cc(N(C)C)c1. The molecule has 306 valence electrons. The number of rotatable bonds is 15. The van der Waals surface area contributed by atoms with Gasteiger partial charge in [-0.25, -0.2) is 0 Å². The lowest BCUT2D eigenvalue weighted by molar-refractivity contribution is -0.183. The Morgan fingerprint density at radius 2 is 1.82 bits per heavy atom. The van der Waals surface area contributed by atoms with E-state index < -0.39 is 24.2 Å². The Hall–Kier alpha value is -3.22. The highest BCUT2D eigenvalue weighted by atomic mass is 16.7. The molecule has 0 aromatic heterocycles. The van der Waals surface area contributed by atoms with E-state index >= 15 is 0 Å². The summed E-state index contributed by atoms with van der Waals surface area (Å²) in [5.74, 6) is 1.10. The van der Waals surface area contributed by atoms with Gasteiger partial charge in [0.05, 0.1) is 26.4 Å². The summed E-state index contributed by atoms with van der Waals surface area (Å²) in [6.07, 6.45) is 2.19. The average molecular weight is 764 g/mol. The van der Waals surface area contributed by atoms with Crippen molar-refractivity contribution in [3.05, 3.63) is 47.5 Å². The van der Waals surface area contributed by atoms with Crippen LogP contribution in [0.4, 0.5) is 5.69 Å². The van der Waals surface area contributed by atoms with Gasteiger partial charge in [0, 0.05) is 54.5 Å². The standard InChI is InChI=1S/C44H69N5O6/c1-26-35-21-31(44(35,6)7)22-36(26)46-42(53)39-38(27(2)51)37(25-50)55-49(39)24-28-14-13-15-34(40(28)54-12)29-18-30(20-33(19-29)48(10)11)41(52)45-32(16-17-47(8)9)23-43(3,4)5/h13-15,18-20,26-27,31-32,35-39,50-51H,16-17,21-25H2,1-12H3,(H,45,52)(H,46,53)/t26-,27-,31+,32+,35+,36-,37-,38+,39-/m0/s1. The minimum Gasteiger partial charge on any atom is -0.496 e. The highest BCUT2D eigenvalue weighted by Crippen LogP contribution is 2.61.